The minimum atomic E-state index is -3.60. The van der Waals surface area contributed by atoms with Crippen LogP contribution < -0.4 is 0 Å². The van der Waals surface area contributed by atoms with Crippen molar-refractivity contribution in [2.45, 2.75) is 56.6 Å². The first-order chi connectivity index (χ1) is 16.3. The standard InChI is InChI=1S/C25H36N4O4S/c1-19-16-27(17-20(2)33-19)18-22-7-11-28(12-8-22)25(30)23-9-13-29(14-10-23)34(31,32)24-5-3-21(15-26)4-6-24/h3-6,19-20,22-23H,7-14,16-18H2,1-2H3. The molecule has 34 heavy (non-hydrogen) atoms. The minimum Gasteiger partial charge on any atom is -0.373 e. The molecule has 3 aliphatic heterocycles. The third-order valence-corrected chi connectivity index (χ3v) is 9.28. The van der Waals surface area contributed by atoms with Gasteiger partial charge in [-0.1, -0.05) is 0 Å². The molecule has 0 bridgehead atoms. The predicted octanol–water partition coefficient (Wildman–Crippen LogP) is 2.31. The lowest BCUT2D eigenvalue weighted by Crippen LogP contribution is -2.50. The average molecular weight is 489 g/mol. The molecule has 0 aromatic heterocycles. The van der Waals surface area contributed by atoms with Crippen LogP contribution in [0.25, 0.3) is 0 Å². The molecule has 1 aromatic carbocycles. The molecule has 1 aromatic rings. The summed E-state index contributed by atoms with van der Waals surface area (Å²) in [6, 6.07) is 8.00. The summed E-state index contributed by atoms with van der Waals surface area (Å²) >= 11 is 0. The Morgan fingerprint density at radius 1 is 1.00 bits per heavy atom. The zero-order valence-electron chi connectivity index (χ0n) is 20.2. The Kier molecular flexibility index (Phi) is 7.93. The van der Waals surface area contributed by atoms with Crippen molar-refractivity contribution in [2.24, 2.45) is 11.8 Å². The second kappa shape index (κ2) is 10.7. The van der Waals surface area contributed by atoms with Crippen LogP contribution in [0, 0.1) is 23.2 Å². The molecule has 0 saturated carbocycles. The van der Waals surface area contributed by atoms with Crippen molar-refractivity contribution in [3.05, 3.63) is 29.8 Å². The summed E-state index contributed by atoms with van der Waals surface area (Å²) in [4.78, 5) is 17.8. The highest BCUT2D eigenvalue weighted by Crippen LogP contribution is 2.28. The summed E-state index contributed by atoms with van der Waals surface area (Å²) in [5.41, 5.74) is 0.432. The van der Waals surface area contributed by atoms with Gasteiger partial charge in [-0.3, -0.25) is 9.69 Å². The maximum Gasteiger partial charge on any atom is 0.243 e. The van der Waals surface area contributed by atoms with E-state index in [1.807, 2.05) is 11.0 Å². The Morgan fingerprint density at radius 2 is 1.59 bits per heavy atom. The molecule has 3 aliphatic rings. The average Bonchev–Trinajstić information content (AvgIpc) is 2.83. The highest BCUT2D eigenvalue weighted by atomic mass is 32.2. The van der Waals surface area contributed by atoms with Crippen molar-refractivity contribution in [1.29, 1.82) is 5.26 Å². The first-order valence-corrected chi connectivity index (χ1v) is 13.9. The number of morpholine rings is 1. The van der Waals surface area contributed by atoms with E-state index in [1.54, 1.807) is 0 Å². The predicted molar refractivity (Wildman–Crippen MR) is 128 cm³/mol. The quantitative estimate of drug-likeness (QED) is 0.631. The molecule has 186 valence electrons. The third-order valence-electron chi connectivity index (χ3n) is 7.36. The lowest BCUT2D eigenvalue weighted by atomic mass is 9.92. The Labute approximate surface area is 203 Å². The topological polar surface area (TPSA) is 94.0 Å². The van der Waals surface area contributed by atoms with Crippen LogP contribution in [0.3, 0.4) is 0 Å². The number of piperidine rings is 2. The molecular weight excluding hydrogens is 452 g/mol. The van der Waals surface area contributed by atoms with Gasteiger partial charge in [-0.25, -0.2) is 8.42 Å². The van der Waals surface area contributed by atoms with Gasteiger partial charge in [-0.2, -0.15) is 9.57 Å². The summed E-state index contributed by atoms with van der Waals surface area (Å²) in [6.07, 6.45) is 3.71. The maximum absolute atomic E-state index is 13.1. The van der Waals surface area contributed by atoms with Crippen LogP contribution in [0.15, 0.2) is 29.2 Å². The summed E-state index contributed by atoms with van der Waals surface area (Å²) in [7, 11) is -3.60. The number of nitrogens with zero attached hydrogens (tertiary/aromatic N) is 4. The maximum atomic E-state index is 13.1. The Balaban J connectivity index is 1.24. The molecule has 9 heteroatoms. The van der Waals surface area contributed by atoms with E-state index in [0.717, 1.165) is 45.6 Å². The second-order valence-electron chi connectivity index (χ2n) is 10.1. The first-order valence-electron chi connectivity index (χ1n) is 12.4. The van der Waals surface area contributed by atoms with Gasteiger partial charge in [0.25, 0.3) is 0 Å². The number of rotatable bonds is 5. The Hall–Kier alpha value is -1.99. The van der Waals surface area contributed by atoms with Crippen LogP contribution in [0.5, 0.6) is 0 Å². The number of carbonyl (C=O) groups is 1. The van der Waals surface area contributed by atoms with E-state index in [2.05, 4.69) is 18.7 Å². The van der Waals surface area contributed by atoms with Gasteiger partial charge in [0.15, 0.2) is 0 Å². The lowest BCUT2D eigenvalue weighted by molar-refractivity contribution is -0.138. The molecule has 0 spiro atoms. The van der Waals surface area contributed by atoms with Gasteiger partial charge in [-0.15, -0.1) is 0 Å². The molecule has 3 saturated heterocycles. The van der Waals surface area contributed by atoms with Crippen molar-refractivity contribution in [3.8, 4) is 6.07 Å². The van der Waals surface area contributed by atoms with Crippen LogP contribution in [0.4, 0.5) is 0 Å². The van der Waals surface area contributed by atoms with Gasteiger partial charge in [0.2, 0.25) is 15.9 Å². The van der Waals surface area contributed by atoms with Crippen molar-refractivity contribution >= 4 is 15.9 Å². The fraction of sp³-hybridized carbons (Fsp3) is 0.680. The molecule has 0 N–H and O–H groups in total. The highest BCUT2D eigenvalue weighted by Gasteiger charge is 2.35. The van der Waals surface area contributed by atoms with Crippen LogP contribution in [-0.4, -0.2) is 86.5 Å². The van der Waals surface area contributed by atoms with Gasteiger partial charge in [0.05, 0.1) is 28.7 Å². The van der Waals surface area contributed by atoms with Crippen LogP contribution in [0.2, 0.25) is 0 Å². The van der Waals surface area contributed by atoms with Crippen molar-refractivity contribution in [2.75, 3.05) is 45.8 Å². The fourth-order valence-electron chi connectivity index (χ4n) is 5.59. The van der Waals surface area contributed by atoms with E-state index in [9.17, 15) is 13.2 Å². The van der Waals surface area contributed by atoms with Gasteiger partial charge >= 0.3 is 0 Å². The van der Waals surface area contributed by atoms with Crippen molar-refractivity contribution < 1.29 is 17.9 Å². The SMILES string of the molecule is CC1CN(CC2CCN(C(=O)C3CCN(S(=O)(=O)c4ccc(C#N)cc4)CC3)CC2)CC(C)O1. The molecule has 2 unspecified atom stereocenters. The minimum absolute atomic E-state index is 0.107. The number of amides is 1. The van der Waals surface area contributed by atoms with E-state index < -0.39 is 10.0 Å². The molecule has 3 fully saturated rings. The summed E-state index contributed by atoms with van der Waals surface area (Å²) in [5, 5.41) is 8.92. The molecule has 3 heterocycles. The van der Waals surface area contributed by atoms with Crippen molar-refractivity contribution in [1.82, 2.24) is 14.1 Å². The van der Waals surface area contributed by atoms with E-state index in [-0.39, 0.29) is 28.9 Å². The van der Waals surface area contributed by atoms with Gasteiger partial charge in [0, 0.05) is 51.7 Å². The zero-order valence-corrected chi connectivity index (χ0v) is 21.0. The Bertz CT molecular complexity index is 981. The van der Waals surface area contributed by atoms with Crippen LogP contribution in [0.1, 0.15) is 45.1 Å². The molecule has 8 nitrogen and oxygen atoms in total. The first kappa shape index (κ1) is 25.1. The normalized spacial score (nSPS) is 26.3. The number of benzene rings is 1. The second-order valence-corrected chi connectivity index (χ2v) is 12.0. The highest BCUT2D eigenvalue weighted by molar-refractivity contribution is 7.89. The number of nitriles is 1. The number of hydrogen-bond donors (Lipinski definition) is 0. The number of likely N-dealkylation sites (tertiary alicyclic amines) is 1. The van der Waals surface area contributed by atoms with Crippen LogP contribution >= 0.6 is 0 Å². The zero-order chi connectivity index (χ0) is 24.3. The lowest BCUT2D eigenvalue weighted by Gasteiger charge is -2.40. The summed E-state index contributed by atoms with van der Waals surface area (Å²) in [6.45, 7) is 9.58. The van der Waals surface area contributed by atoms with E-state index in [0.29, 0.717) is 37.4 Å². The molecule has 4 rings (SSSR count). The van der Waals surface area contributed by atoms with E-state index in [1.165, 1.54) is 28.6 Å². The smallest absolute Gasteiger partial charge is 0.243 e. The molecule has 0 radical (unpaired) electrons. The van der Waals surface area contributed by atoms with Gasteiger partial charge in [0.1, 0.15) is 0 Å². The Morgan fingerprint density at radius 3 is 2.15 bits per heavy atom. The molecule has 2 atom stereocenters. The number of sulfonamides is 1. The third kappa shape index (κ3) is 5.80. The number of carbonyl (C=O) groups excluding carboxylic acids is 1. The van der Waals surface area contributed by atoms with E-state index >= 15 is 0 Å². The number of ether oxygens (including phenoxy) is 1. The van der Waals surface area contributed by atoms with E-state index in [4.69, 9.17) is 10.00 Å². The van der Waals surface area contributed by atoms with Gasteiger partial charge < -0.3 is 9.64 Å². The molecule has 0 aliphatic carbocycles. The van der Waals surface area contributed by atoms with Gasteiger partial charge in [-0.05, 0) is 69.7 Å². The monoisotopic (exact) mass is 488 g/mol. The summed E-state index contributed by atoms with van der Waals surface area (Å²) < 4.78 is 33.2. The fourth-order valence-corrected chi connectivity index (χ4v) is 7.06. The van der Waals surface area contributed by atoms with Crippen molar-refractivity contribution in [3.63, 3.8) is 0 Å². The number of hydrogen-bond acceptors (Lipinski definition) is 6. The summed E-state index contributed by atoms with van der Waals surface area (Å²) in [5.74, 6) is 0.688. The van der Waals surface area contributed by atoms with Crippen LogP contribution in [-0.2, 0) is 19.6 Å². The molecule has 1 amide bonds. The largest absolute Gasteiger partial charge is 0.373 e. The molecular formula is C25H36N4O4S.